The van der Waals surface area contributed by atoms with Gasteiger partial charge in [-0.25, -0.2) is 0 Å². The molecule has 0 N–H and O–H groups in total. The first kappa shape index (κ1) is 15.6. The highest BCUT2D eigenvalue weighted by Crippen LogP contribution is 2.33. The van der Waals surface area contributed by atoms with Gasteiger partial charge in [-0.15, -0.1) is 10.2 Å². The van der Waals surface area contributed by atoms with E-state index in [4.69, 9.17) is 0 Å². The van der Waals surface area contributed by atoms with Crippen molar-refractivity contribution in [1.82, 2.24) is 25.1 Å². The Bertz CT molecular complexity index is 646. The number of tetrazole rings is 1. The van der Waals surface area contributed by atoms with Crippen LogP contribution in [0.25, 0.3) is 0 Å². The fourth-order valence-corrected chi connectivity index (χ4v) is 3.35. The summed E-state index contributed by atoms with van der Waals surface area (Å²) < 4.78 is 0. The van der Waals surface area contributed by atoms with Gasteiger partial charge in [-0.1, -0.05) is 37.3 Å². The van der Waals surface area contributed by atoms with Crippen molar-refractivity contribution in [2.75, 3.05) is 13.1 Å². The molecule has 1 aromatic carbocycles. The molecule has 0 spiro atoms. The fraction of sp³-hybridized carbons (Fsp3) is 0.529. The van der Waals surface area contributed by atoms with E-state index in [-0.39, 0.29) is 11.9 Å². The molecule has 1 fully saturated rings. The standard InChI is InChI=1S/C17H23N5O/c1-3-16(23)21-11-9-15(10-12-21)17(14-7-5-4-6-8-14)22-19-13(2)18-20-22/h4-8,15,17H,3,9-12H2,1-2H3. The first-order chi connectivity index (χ1) is 11.2. The molecule has 1 saturated heterocycles. The number of likely N-dealkylation sites (tertiary alicyclic amines) is 1. The molecule has 0 aliphatic carbocycles. The molecular formula is C17H23N5O. The molecular weight excluding hydrogens is 290 g/mol. The molecule has 1 aromatic heterocycles. The lowest BCUT2D eigenvalue weighted by molar-refractivity contribution is -0.132. The van der Waals surface area contributed by atoms with Crippen molar-refractivity contribution in [2.24, 2.45) is 5.92 Å². The lowest BCUT2D eigenvalue weighted by atomic mass is 9.85. The Labute approximate surface area is 136 Å². The number of rotatable bonds is 4. The van der Waals surface area contributed by atoms with Crippen molar-refractivity contribution >= 4 is 5.91 Å². The number of nitrogens with zero attached hydrogens (tertiary/aromatic N) is 5. The summed E-state index contributed by atoms with van der Waals surface area (Å²) in [6.45, 7) is 5.40. The molecule has 1 atom stereocenters. The average molecular weight is 313 g/mol. The zero-order valence-electron chi connectivity index (χ0n) is 13.7. The zero-order chi connectivity index (χ0) is 16.2. The lowest BCUT2D eigenvalue weighted by Crippen LogP contribution is -2.40. The van der Waals surface area contributed by atoms with Gasteiger partial charge in [0.15, 0.2) is 5.82 Å². The van der Waals surface area contributed by atoms with E-state index in [0.717, 1.165) is 25.9 Å². The summed E-state index contributed by atoms with van der Waals surface area (Å²) in [5, 5.41) is 12.7. The van der Waals surface area contributed by atoms with Crippen LogP contribution in [-0.4, -0.2) is 44.1 Å². The van der Waals surface area contributed by atoms with Crippen LogP contribution in [0.15, 0.2) is 30.3 Å². The van der Waals surface area contributed by atoms with Crippen molar-refractivity contribution in [1.29, 1.82) is 0 Å². The normalized spacial score (nSPS) is 17.2. The summed E-state index contributed by atoms with van der Waals surface area (Å²) in [7, 11) is 0. The minimum Gasteiger partial charge on any atom is -0.343 e. The van der Waals surface area contributed by atoms with Crippen LogP contribution >= 0.6 is 0 Å². The molecule has 0 saturated carbocycles. The predicted octanol–water partition coefficient (Wildman–Crippen LogP) is 2.22. The summed E-state index contributed by atoms with van der Waals surface area (Å²) in [6.07, 6.45) is 2.51. The summed E-state index contributed by atoms with van der Waals surface area (Å²) in [4.78, 5) is 15.6. The van der Waals surface area contributed by atoms with E-state index in [1.54, 1.807) is 4.80 Å². The van der Waals surface area contributed by atoms with Gasteiger partial charge in [0.1, 0.15) is 6.04 Å². The topological polar surface area (TPSA) is 63.9 Å². The van der Waals surface area contributed by atoms with Crippen LogP contribution in [0.3, 0.4) is 0 Å². The molecule has 0 radical (unpaired) electrons. The minimum absolute atomic E-state index is 0.0799. The number of carbonyl (C=O) groups is 1. The molecule has 1 aliphatic heterocycles. The second-order valence-corrected chi connectivity index (χ2v) is 6.08. The third-order valence-electron chi connectivity index (χ3n) is 4.56. The molecule has 6 nitrogen and oxygen atoms in total. The van der Waals surface area contributed by atoms with E-state index in [1.807, 2.05) is 36.9 Å². The van der Waals surface area contributed by atoms with Gasteiger partial charge in [0.2, 0.25) is 5.91 Å². The number of piperidine rings is 1. The molecule has 3 rings (SSSR count). The fourth-order valence-electron chi connectivity index (χ4n) is 3.35. The Kier molecular flexibility index (Phi) is 4.69. The molecule has 2 heterocycles. The highest BCUT2D eigenvalue weighted by molar-refractivity contribution is 5.75. The molecule has 1 unspecified atom stereocenters. The predicted molar refractivity (Wildman–Crippen MR) is 86.7 cm³/mol. The highest BCUT2D eigenvalue weighted by Gasteiger charge is 2.31. The van der Waals surface area contributed by atoms with Crippen LogP contribution in [0.5, 0.6) is 0 Å². The third-order valence-corrected chi connectivity index (χ3v) is 4.56. The quantitative estimate of drug-likeness (QED) is 0.868. The van der Waals surface area contributed by atoms with Gasteiger partial charge < -0.3 is 4.90 Å². The van der Waals surface area contributed by atoms with E-state index < -0.39 is 0 Å². The summed E-state index contributed by atoms with van der Waals surface area (Å²) >= 11 is 0. The van der Waals surface area contributed by atoms with Gasteiger partial charge in [-0.3, -0.25) is 4.79 Å². The molecule has 0 bridgehead atoms. The highest BCUT2D eigenvalue weighted by atomic mass is 16.2. The second-order valence-electron chi connectivity index (χ2n) is 6.08. The molecule has 23 heavy (non-hydrogen) atoms. The number of benzene rings is 1. The van der Waals surface area contributed by atoms with Crippen molar-refractivity contribution in [3.05, 3.63) is 41.7 Å². The number of aryl methyl sites for hydroxylation is 1. The van der Waals surface area contributed by atoms with Gasteiger partial charge in [0.05, 0.1) is 0 Å². The smallest absolute Gasteiger partial charge is 0.222 e. The molecule has 1 aliphatic rings. The summed E-state index contributed by atoms with van der Waals surface area (Å²) in [5.74, 6) is 1.34. The van der Waals surface area contributed by atoms with E-state index in [9.17, 15) is 4.79 Å². The number of hydrogen-bond donors (Lipinski definition) is 0. The van der Waals surface area contributed by atoms with Crippen molar-refractivity contribution in [3.63, 3.8) is 0 Å². The zero-order valence-corrected chi connectivity index (χ0v) is 13.7. The maximum atomic E-state index is 11.9. The maximum absolute atomic E-state index is 11.9. The maximum Gasteiger partial charge on any atom is 0.222 e. The van der Waals surface area contributed by atoms with Crippen LogP contribution in [0.1, 0.15) is 43.6 Å². The van der Waals surface area contributed by atoms with Gasteiger partial charge in [0.25, 0.3) is 0 Å². The van der Waals surface area contributed by atoms with Crippen LogP contribution in [0.4, 0.5) is 0 Å². The monoisotopic (exact) mass is 313 g/mol. The first-order valence-electron chi connectivity index (χ1n) is 8.28. The van der Waals surface area contributed by atoms with Crippen LogP contribution < -0.4 is 0 Å². The number of hydrogen-bond acceptors (Lipinski definition) is 4. The van der Waals surface area contributed by atoms with Gasteiger partial charge in [0, 0.05) is 19.5 Å². The van der Waals surface area contributed by atoms with E-state index in [1.165, 1.54) is 5.56 Å². The van der Waals surface area contributed by atoms with Crippen molar-refractivity contribution in [3.8, 4) is 0 Å². The van der Waals surface area contributed by atoms with E-state index in [0.29, 0.717) is 18.2 Å². The van der Waals surface area contributed by atoms with Crippen LogP contribution in [0, 0.1) is 12.8 Å². The largest absolute Gasteiger partial charge is 0.343 e. The third kappa shape index (κ3) is 3.41. The summed E-state index contributed by atoms with van der Waals surface area (Å²) in [6, 6.07) is 10.4. The lowest BCUT2D eigenvalue weighted by Gasteiger charge is -2.35. The Balaban J connectivity index is 1.81. The van der Waals surface area contributed by atoms with Gasteiger partial charge in [-0.05, 0) is 36.5 Å². The SMILES string of the molecule is CCC(=O)N1CCC(C(c2ccccc2)n2nnc(C)n2)CC1. The molecule has 122 valence electrons. The molecule has 1 amide bonds. The summed E-state index contributed by atoms with van der Waals surface area (Å²) in [5.41, 5.74) is 1.20. The number of carbonyl (C=O) groups excluding carboxylic acids is 1. The Morgan fingerprint density at radius 3 is 2.52 bits per heavy atom. The minimum atomic E-state index is 0.0799. The van der Waals surface area contributed by atoms with Crippen molar-refractivity contribution < 1.29 is 4.79 Å². The molecule has 6 heteroatoms. The Hall–Kier alpha value is -2.24. The van der Waals surface area contributed by atoms with Crippen molar-refractivity contribution in [2.45, 2.75) is 39.2 Å². The average Bonchev–Trinajstić information content (AvgIpc) is 3.02. The van der Waals surface area contributed by atoms with Gasteiger partial charge >= 0.3 is 0 Å². The number of amides is 1. The Morgan fingerprint density at radius 2 is 1.96 bits per heavy atom. The van der Waals surface area contributed by atoms with E-state index >= 15 is 0 Å². The number of aromatic nitrogens is 4. The van der Waals surface area contributed by atoms with Gasteiger partial charge in [-0.2, -0.15) is 4.80 Å². The van der Waals surface area contributed by atoms with Crippen LogP contribution in [-0.2, 0) is 4.79 Å². The Morgan fingerprint density at radius 1 is 1.26 bits per heavy atom. The first-order valence-corrected chi connectivity index (χ1v) is 8.28. The van der Waals surface area contributed by atoms with E-state index in [2.05, 4.69) is 27.5 Å². The molecule has 2 aromatic rings. The van der Waals surface area contributed by atoms with Crippen LogP contribution in [0.2, 0.25) is 0 Å². The second kappa shape index (κ2) is 6.89.